The molecule has 0 saturated heterocycles. The van der Waals surface area contributed by atoms with Crippen molar-refractivity contribution in [3.05, 3.63) is 35.1 Å². The number of carboxylic acid groups (broad SMARTS) is 1. The van der Waals surface area contributed by atoms with Crippen molar-refractivity contribution in [2.75, 3.05) is 6.61 Å². The minimum Gasteiger partial charge on any atom is -0.493 e. The van der Waals surface area contributed by atoms with Gasteiger partial charge in [0.15, 0.2) is 0 Å². The van der Waals surface area contributed by atoms with E-state index in [-0.39, 0.29) is 23.8 Å². The van der Waals surface area contributed by atoms with E-state index in [9.17, 15) is 18.0 Å². The average molecular weight is 469 g/mol. The number of rotatable bonds is 7. The number of hydrogen-bond acceptors (Lipinski definition) is 6. The summed E-state index contributed by atoms with van der Waals surface area (Å²) in [5, 5.41) is 12.0. The Bertz CT molecular complexity index is 1130. The number of aryl methyl sites for hydroxylation is 1. The summed E-state index contributed by atoms with van der Waals surface area (Å²) in [6.07, 6.45) is -4.10. The molecule has 3 rings (SSSR count). The van der Waals surface area contributed by atoms with E-state index in [1.807, 2.05) is 0 Å². The minimum atomic E-state index is -4.64. The van der Waals surface area contributed by atoms with Crippen molar-refractivity contribution in [2.45, 2.75) is 45.8 Å². The number of fused-ring (bicyclic) bond motifs is 1. The number of alkyl halides is 3. The van der Waals surface area contributed by atoms with Crippen molar-refractivity contribution in [1.29, 1.82) is 0 Å². The van der Waals surface area contributed by atoms with Gasteiger partial charge in [0, 0.05) is 11.1 Å². The van der Waals surface area contributed by atoms with Gasteiger partial charge in [-0.3, -0.25) is 0 Å². The SMILES string of the molecule is Cc1nc2c(-c3ccc(OC[C@@H](C)CC(C)(C)NC(=O)O)c(C(F)(F)F)c3)ncnc2s1. The maximum Gasteiger partial charge on any atom is 0.419 e. The minimum absolute atomic E-state index is 0.00378. The average Bonchev–Trinajstić information content (AvgIpc) is 3.04. The summed E-state index contributed by atoms with van der Waals surface area (Å²) in [6, 6.07) is 3.80. The van der Waals surface area contributed by atoms with Crippen LogP contribution in [0.4, 0.5) is 18.0 Å². The second-order valence-electron chi connectivity index (χ2n) is 8.25. The number of nitrogens with zero attached hydrogens (tertiary/aromatic N) is 3. The molecule has 0 bridgehead atoms. The van der Waals surface area contributed by atoms with Gasteiger partial charge in [0.05, 0.1) is 17.2 Å². The van der Waals surface area contributed by atoms with Gasteiger partial charge in [-0.2, -0.15) is 13.2 Å². The molecule has 1 amide bonds. The van der Waals surface area contributed by atoms with Crippen molar-refractivity contribution in [3.8, 4) is 17.0 Å². The summed E-state index contributed by atoms with van der Waals surface area (Å²) < 4.78 is 46.9. The van der Waals surface area contributed by atoms with Crippen LogP contribution in [-0.4, -0.2) is 38.3 Å². The Morgan fingerprint density at radius 3 is 2.66 bits per heavy atom. The van der Waals surface area contributed by atoms with Gasteiger partial charge in [-0.15, -0.1) is 0 Å². The van der Waals surface area contributed by atoms with Crippen LogP contribution >= 0.6 is 11.3 Å². The molecule has 0 aliphatic carbocycles. The summed E-state index contributed by atoms with van der Waals surface area (Å²) in [4.78, 5) is 24.1. The quantitative estimate of drug-likeness (QED) is 0.473. The number of halogens is 3. The molecule has 0 saturated carbocycles. The molecule has 11 heteroatoms. The Morgan fingerprint density at radius 2 is 2.00 bits per heavy atom. The molecule has 0 aliphatic rings. The van der Waals surface area contributed by atoms with Crippen LogP contribution in [0.3, 0.4) is 0 Å². The molecule has 0 unspecified atom stereocenters. The van der Waals surface area contributed by atoms with Crippen LogP contribution in [0.15, 0.2) is 24.5 Å². The summed E-state index contributed by atoms with van der Waals surface area (Å²) >= 11 is 1.34. The number of nitrogens with one attached hydrogen (secondary N) is 1. The van der Waals surface area contributed by atoms with Gasteiger partial charge >= 0.3 is 12.3 Å². The van der Waals surface area contributed by atoms with E-state index in [0.29, 0.717) is 22.5 Å². The first-order valence-corrected chi connectivity index (χ1v) is 10.6. The number of hydrogen-bond donors (Lipinski definition) is 2. The first-order chi connectivity index (χ1) is 14.9. The fraction of sp³-hybridized carbons (Fsp3) is 0.429. The van der Waals surface area contributed by atoms with Crippen molar-refractivity contribution in [3.63, 3.8) is 0 Å². The van der Waals surface area contributed by atoms with Crippen LogP contribution in [0.1, 0.15) is 37.8 Å². The zero-order valence-electron chi connectivity index (χ0n) is 17.9. The molecule has 0 aliphatic heterocycles. The number of thiazole rings is 1. The zero-order chi connectivity index (χ0) is 23.7. The van der Waals surface area contributed by atoms with Crippen LogP contribution in [0, 0.1) is 12.8 Å². The Hall–Kier alpha value is -2.95. The third-order valence-electron chi connectivity index (χ3n) is 4.69. The smallest absolute Gasteiger partial charge is 0.419 e. The molecule has 2 aromatic heterocycles. The Kier molecular flexibility index (Phi) is 6.59. The molecule has 32 heavy (non-hydrogen) atoms. The molecule has 2 heterocycles. The second-order valence-corrected chi connectivity index (χ2v) is 9.43. The predicted octanol–water partition coefficient (Wildman–Crippen LogP) is 5.53. The number of aromatic nitrogens is 3. The van der Waals surface area contributed by atoms with Crippen molar-refractivity contribution >= 4 is 27.8 Å². The highest BCUT2D eigenvalue weighted by atomic mass is 32.1. The highest BCUT2D eigenvalue weighted by Crippen LogP contribution is 2.40. The van der Waals surface area contributed by atoms with Crippen LogP contribution in [0.5, 0.6) is 5.75 Å². The molecule has 172 valence electrons. The summed E-state index contributed by atoms with van der Waals surface area (Å²) in [5.74, 6) is -0.492. The third-order valence-corrected chi connectivity index (χ3v) is 5.57. The van der Waals surface area contributed by atoms with Crippen LogP contribution in [0.25, 0.3) is 21.6 Å². The maximum atomic E-state index is 13.8. The molecule has 2 N–H and O–H groups in total. The monoisotopic (exact) mass is 468 g/mol. The van der Waals surface area contributed by atoms with E-state index in [1.165, 1.54) is 29.8 Å². The number of carbonyl (C=O) groups is 1. The molecular formula is C21H23F3N4O3S. The zero-order valence-corrected chi connectivity index (χ0v) is 18.8. The molecule has 1 aromatic carbocycles. The fourth-order valence-electron chi connectivity index (χ4n) is 3.60. The van der Waals surface area contributed by atoms with Gasteiger partial charge in [-0.1, -0.05) is 18.3 Å². The molecule has 0 spiro atoms. The lowest BCUT2D eigenvalue weighted by Gasteiger charge is -2.28. The second kappa shape index (κ2) is 8.89. The standard InChI is InChI=1S/C21H23F3N4O3S/c1-11(8-20(3,4)28-19(29)30)9-31-15-6-5-13(7-14(15)21(22,23)24)16-17-18(26-10-25-16)32-12(2)27-17/h5-7,10-11,28H,8-9H2,1-4H3,(H,29,30)/t11-/m0/s1. The fourth-order valence-corrected chi connectivity index (χ4v) is 4.35. The van der Waals surface area contributed by atoms with E-state index in [0.717, 1.165) is 11.1 Å². The van der Waals surface area contributed by atoms with Gasteiger partial charge in [-0.05, 0) is 51.3 Å². The van der Waals surface area contributed by atoms with Crippen LogP contribution in [0.2, 0.25) is 0 Å². The van der Waals surface area contributed by atoms with E-state index < -0.39 is 23.4 Å². The molecule has 1 atom stereocenters. The third kappa shape index (κ3) is 5.64. The number of amides is 1. The molecule has 3 aromatic rings. The number of benzene rings is 1. The highest BCUT2D eigenvalue weighted by molar-refractivity contribution is 7.18. The highest BCUT2D eigenvalue weighted by Gasteiger charge is 2.35. The normalized spacial score (nSPS) is 13.2. The lowest BCUT2D eigenvalue weighted by molar-refractivity contribution is -0.139. The van der Waals surface area contributed by atoms with Gasteiger partial charge < -0.3 is 15.2 Å². The van der Waals surface area contributed by atoms with E-state index >= 15 is 0 Å². The van der Waals surface area contributed by atoms with Crippen molar-refractivity contribution in [1.82, 2.24) is 20.3 Å². The Labute approximate surface area is 186 Å². The Balaban J connectivity index is 1.86. The van der Waals surface area contributed by atoms with Gasteiger partial charge in [0.1, 0.15) is 28.1 Å². The predicted molar refractivity (Wildman–Crippen MR) is 115 cm³/mol. The summed E-state index contributed by atoms with van der Waals surface area (Å²) in [6.45, 7) is 6.99. The van der Waals surface area contributed by atoms with Crippen LogP contribution < -0.4 is 10.1 Å². The van der Waals surface area contributed by atoms with Gasteiger partial charge in [0.2, 0.25) is 0 Å². The molecule has 0 radical (unpaired) electrons. The van der Waals surface area contributed by atoms with Crippen molar-refractivity contribution in [2.24, 2.45) is 5.92 Å². The van der Waals surface area contributed by atoms with Gasteiger partial charge in [-0.25, -0.2) is 19.7 Å². The summed E-state index contributed by atoms with van der Waals surface area (Å²) in [5.41, 5.74) is -0.606. The van der Waals surface area contributed by atoms with Gasteiger partial charge in [0.25, 0.3) is 0 Å². The van der Waals surface area contributed by atoms with Crippen molar-refractivity contribution < 1.29 is 27.8 Å². The lowest BCUT2D eigenvalue weighted by atomic mass is 9.92. The Morgan fingerprint density at radius 1 is 1.28 bits per heavy atom. The van der Waals surface area contributed by atoms with E-state index in [1.54, 1.807) is 27.7 Å². The largest absolute Gasteiger partial charge is 0.493 e. The number of ether oxygens (including phenoxy) is 1. The molecule has 0 fully saturated rings. The summed E-state index contributed by atoms with van der Waals surface area (Å²) in [7, 11) is 0. The van der Waals surface area contributed by atoms with E-state index in [2.05, 4.69) is 20.3 Å². The van der Waals surface area contributed by atoms with E-state index in [4.69, 9.17) is 9.84 Å². The first kappa shape index (κ1) is 23.7. The molecule has 7 nitrogen and oxygen atoms in total. The molecular weight excluding hydrogens is 445 g/mol. The topological polar surface area (TPSA) is 97.2 Å². The van der Waals surface area contributed by atoms with Crippen LogP contribution in [-0.2, 0) is 6.18 Å². The first-order valence-electron chi connectivity index (χ1n) is 9.79. The maximum absolute atomic E-state index is 13.8. The lowest BCUT2D eigenvalue weighted by Crippen LogP contribution is -2.44.